The summed E-state index contributed by atoms with van der Waals surface area (Å²) in [5.74, 6) is -0.747. The van der Waals surface area contributed by atoms with Crippen LogP contribution in [0.1, 0.15) is 15.9 Å². The number of thioether (sulfide) groups is 1. The van der Waals surface area contributed by atoms with Crippen molar-refractivity contribution in [2.45, 2.75) is 4.90 Å². The minimum Gasteiger partial charge on any atom is -0.321 e. The zero-order valence-electron chi connectivity index (χ0n) is 15.7. The van der Waals surface area contributed by atoms with Crippen molar-refractivity contribution in [2.24, 2.45) is 0 Å². The molecular formula is C23H19BrN2O2S. The van der Waals surface area contributed by atoms with Gasteiger partial charge < -0.3 is 10.6 Å². The van der Waals surface area contributed by atoms with Gasteiger partial charge in [0.15, 0.2) is 0 Å². The number of nitrogens with one attached hydrogen (secondary N) is 2. The summed E-state index contributed by atoms with van der Waals surface area (Å²) in [4.78, 5) is 26.6. The van der Waals surface area contributed by atoms with Gasteiger partial charge in [-0.3, -0.25) is 9.59 Å². The fourth-order valence-electron chi connectivity index (χ4n) is 2.57. The van der Waals surface area contributed by atoms with E-state index in [2.05, 4.69) is 26.6 Å². The van der Waals surface area contributed by atoms with Crippen molar-refractivity contribution in [3.8, 4) is 0 Å². The number of carbonyl (C=O) groups excluding carboxylic acids is 2. The van der Waals surface area contributed by atoms with Gasteiger partial charge in [0.2, 0.25) is 0 Å². The van der Waals surface area contributed by atoms with Crippen LogP contribution in [0.2, 0.25) is 0 Å². The summed E-state index contributed by atoms with van der Waals surface area (Å²) in [6, 6.07) is 23.8. The van der Waals surface area contributed by atoms with E-state index in [9.17, 15) is 9.59 Å². The van der Waals surface area contributed by atoms with Crippen LogP contribution in [0.5, 0.6) is 0 Å². The van der Waals surface area contributed by atoms with Crippen LogP contribution < -0.4 is 10.6 Å². The van der Waals surface area contributed by atoms with Crippen molar-refractivity contribution in [1.29, 1.82) is 0 Å². The molecule has 4 nitrogen and oxygen atoms in total. The first-order valence-electron chi connectivity index (χ1n) is 8.84. The van der Waals surface area contributed by atoms with Gasteiger partial charge in [0.1, 0.15) is 5.70 Å². The molecule has 0 atom stereocenters. The van der Waals surface area contributed by atoms with Gasteiger partial charge >= 0.3 is 0 Å². The molecular weight excluding hydrogens is 448 g/mol. The Kier molecular flexibility index (Phi) is 7.27. The number of amides is 2. The fraction of sp³-hybridized carbons (Fsp3) is 0.0435. The summed E-state index contributed by atoms with van der Waals surface area (Å²) in [5.41, 5.74) is 2.08. The molecule has 0 aromatic heterocycles. The third kappa shape index (κ3) is 6.07. The van der Waals surface area contributed by atoms with Gasteiger partial charge in [-0.1, -0.05) is 52.3 Å². The minimum atomic E-state index is -0.402. The number of anilines is 1. The van der Waals surface area contributed by atoms with Gasteiger partial charge in [0, 0.05) is 20.6 Å². The Morgan fingerprint density at radius 2 is 1.66 bits per heavy atom. The summed E-state index contributed by atoms with van der Waals surface area (Å²) in [6.07, 6.45) is 3.67. The minimum absolute atomic E-state index is 0.163. The number of rotatable bonds is 6. The highest BCUT2D eigenvalue weighted by Gasteiger charge is 2.15. The first-order valence-corrected chi connectivity index (χ1v) is 10.9. The third-order valence-corrected chi connectivity index (χ3v) is 5.27. The largest absolute Gasteiger partial charge is 0.321 e. The van der Waals surface area contributed by atoms with E-state index in [0.717, 1.165) is 14.9 Å². The molecule has 0 bridgehead atoms. The highest BCUT2D eigenvalue weighted by Crippen LogP contribution is 2.18. The third-order valence-electron chi connectivity index (χ3n) is 4.04. The Labute approximate surface area is 182 Å². The van der Waals surface area contributed by atoms with Crippen molar-refractivity contribution in [1.82, 2.24) is 5.32 Å². The topological polar surface area (TPSA) is 58.2 Å². The number of halogens is 1. The molecule has 146 valence electrons. The Bertz CT molecular complexity index is 1030. The van der Waals surface area contributed by atoms with E-state index in [0.29, 0.717) is 11.3 Å². The summed E-state index contributed by atoms with van der Waals surface area (Å²) in [5, 5.41) is 5.56. The van der Waals surface area contributed by atoms with Gasteiger partial charge in [-0.05, 0) is 60.4 Å². The normalized spacial score (nSPS) is 11.0. The van der Waals surface area contributed by atoms with Crippen LogP contribution in [0.3, 0.4) is 0 Å². The smallest absolute Gasteiger partial charge is 0.272 e. The van der Waals surface area contributed by atoms with Crippen molar-refractivity contribution >= 4 is 51.3 Å². The van der Waals surface area contributed by atoms with E-state index >= 15 is 0 Å². The highest BCUT2D eigenvalue weighted by molar-refractivity contribution is 9.10. The summed E-state index contributed by atoms with van der Waals surface area (Å²) < 4.78 is 0.849. The summed E-state index contributed by atoms with van der Waals surface area (Å²) >= 11 is 5.03. The molecule has 0 aliphatic carbocycles. The number of hydrogen-bond donors (Lipinski definition) is 2. The zero-order chi connectivity index (χ0) is 20.6. The first kappa shape index (κ1) is 20.9. The molecule has 2 N–H and O–H groups in total. The number of hydrogen-bond acceptors (Lipinski definition) is 3. The number of carbonyl (C=O) groups is 2. The van der Waals surface area contributed by atoms with E-state index in [1.807, 2.05) is 48.7 Å². The van der Waals surface area contributed by atoms with Gasteiger partial charge in [-0.2, -0.15) is 0 Å². The van der Waals surface area contributed by atoms with Crippen molar-refractivity contribution in [3.05, 3.63) is 100 Å². The molecule has 3 aromatic carbocycles. The lowest BCUT2D eigenvalue weighted by molar-refractivity contribution is -0.113. The lowest BCUT2D eigenvalue weighted by Crippen LogP contribution is -2.30. The van der Waals surface area contributed by atoms with Gasteiger partial charge in [0.25, 0.3) is 11.8 Å². The zero-order valence-corrected chi connectivity index (χ0v) is 18.1. The van der Waals surface area contributed by atoms with Crippen LogP contribution in [-0.4, -0.2) is 18.1 Å². The maximum Gasteiger partial charge on any atom is 0.272 e. The summed E-state index contributed by atoms with van der Waals surface area (Å²) in [6.45, 7) is 0. The maximum atomic E-state index is 12.9. The average molecular weight is 467 g/mol. The van der Waals surface area contributed by atoms with Crippen molar-refractivity contribution < 1.29 is 9.59 Å². The quantitative estimate of drug-likeness (QED) is 0.368. The molecule has 0 heterocycles. The Balaban J connectivity index is 1.88. The average Bonchev–Trinajstić information content (AvgIpc) is 2.74. The monoisotopic (exact) mass is 466 g/mol. The van der Waals surface area contributed by atoms with E-state index < -0.39 is 5.91 Å². The molecule has 2 amide bonds. The molecule has 0 fully saturated rings. The molecule has 6 heteroatoms. The Hall–Kier alpha value is -2.83. The van der Waals surface area contributed by atoms with Crippen molar-refractivity contribution in [2.75, 3.05) is 11.6 Å². The Morgan fingerprint density at radius 1 is 0.931 bits per heavy atom. The molecule has 3 aromatic rings. The maximum absolute atomic E-state index is 12.9. The predicted octanol–water partition coefficient (Wildman–Crippen LogP) is 5.58. The van der Waals surface area contributed by atoms with Crippen LogP contribution in [0.15, 0.2) is 93.9 Å². The Morgan fingerprint density at radius 3 is 2.31 bits per heavy atom. The predicted molar refractivity (Wildman–Crippen MR) is 123 cm³/mol. The molecule has 0 aliphatic heterocycles. The second kappa shape index (κ2) is 10.1. The molecule has 0 aliphatic rings. The van der Waals surface area contributed by atoms with Crippen LogP contribution in [0, 0.1) is 0 Å². The van der Waals surface area contributed by atoms with E-state index in [1.54, 1.807) is 54.2 Å². The lowest BCUT2D eigenvalue weighted by atomic mass is 10.1. The van der Waals surface area contributed by atoms with Crippen LogP contribution >= 0.6 is 27.7 Å². The fourth-order valence-corrected chi connectivity index (χ4v) is 3.38. The van der Waals surface area contributed by atoms with Crippen LogP contribution in [-0.2, 0) is 4.79 Å². The molecule has 0 unspecified atom stereocenters. The standard InChI is InChI=1S/C23H19BrN2O2S/c1-29-20-12-10-16(11-13-20)14-21(26-22(27)17-6-3-2-4-7-17)23(28)25-19-9-5-8-18(24)15-19/h2-15H,1H3,(H,25,28)(H,26,27)/b21-14+. The summed E-state index contributed by atoms with van der Waals surface area (Å²) in [7, 11) is 0. The first-order chi connectivity index (χ1) is 14.0. The molecule has 0 radical (unpaired) electrons. The van der Waals surface area contributed by atoms with Gasteiger partial charge in [0.05, 0.1) is 0 Å². The SMILES string of the molecule is CSc1ccc(/C=C(/NC(=O)c2ccccc2)C(=O)Nc2cccc(Br)c2)cc1. The molecule has 29 heavy (non-hydrogen) atoms. The van der Waals surface area contributed by atoms with E-state index in [-0.39, 0.29) is 11.6 Å². The molecule has 3 rings (SSSR count). The molecule has 0 saturated carbocycles. The van der Waals surface area contributed by atoms with E-state index in [4.69, 9.17) is 0 Å². The molecule has 0 spiro atoms. The van der Waals surface area contributed by atoms with Gasteiger partial charge in [-0.15, -0.1) is 11.8 Å². The van der Waals surface area contributed by atoms with Crippen molar-refractivity contribution in [3.63, 3.8) is 0 Å². The van der Waals surface area contributed by atoms with Crippen LogP contribution in [0.4, 0.5) is 5.69 Å². The van der Waals surface area contributed by atoms with Gasteiger partial charge in [-0.25, -0.2) is 0 Å². The number of benzene rings is 3. The second-order valence-electron chi connectivity index (χ2n) is 6.12. The van der Waals surface area contributed by atoms with Crippen LogP contribution in [0.25, 0.3) is 6.08 Å². The van der Waals surface area contributed by atoms with E-state index in [1.165, 1.54) is 0 Å². The second-order valence-corrected chi connectivity index (χ2v) is 7.91. The highest BCUT2D eigenvalue weighted by atomic mass is 79.9. The molecule has 0 saturated heterocycles. The lowest BCUT2D eigenvalue weighted by Gasteiger charge is -2.12.